The summed E-state index contributed by atoms with van der Waals surface area (Å²) >= 11 is 0. The molecule has 1 saturated carbocycles. The lowest BCUT2D eigenvalue weighted by atomic mass is 9.99. The lowest BCUT2D eigenvalue weighted by Crippen LogP contribution is -2.52. The lowest BCUT2D eigenvalue weighted by Gasteiger charge is -2.28. The van der Waals surface area contributed by atoms with Gasteiger partial charge < -0.3 is 20.2 Å². The van der Waals surface area contributed by atoms with Gasteiger partial charge in [0.15, 0.2) is 12.2 Å². The number of urea groups is 1. The van der Waals surface area contributed by atoms with Gasteiger partial charge in [-0.1, -0.05) is 37.1 Å². The standard InChI is InChI=1S/C17H21N3O3/c21-11-17(7-1-2-8-17)20-16(22)19-9-13-3-5-14(6-4-13)15-10-18-12-23-15/h3-6,10,12,21H,1-2,7-9,11H2,(H2,19,20,22). The second-order valence-corrected chi connectivity index (χ2v) is 6.02. The molecular weight excluding hydrogens is 294 g/mol. The molecule has 122 valence electrons. The first kappa shape index (κ1) is 15.6. The number of aromatic nitrogens is 1. The van der Waals surface area contributed by atoms with Crippen LogP contribution in [-0.4, -0.2) is 28.3 Å². The number of carbonyl (C=O) groups excluding carboxylic acids is 1. The molecule has 1 aliphatic carbocycles. The summed E-state index contributed by atoms with van der Waals surface area (Å²) in [4.78, 5) is 15.9. The van der Waals surface area contributed by atoms with Crippen molar-refractivity contribution in [2.75, 3.05) is 6.61 Å². The largest absolute Gasteiger partial charge is 0.444 e. The fourth-order valence-electron chi connectivity index (χ4n) is 2.99. The zero-order valence-corrected chi connectivity index (χ0v) is 12.9. The SMILES string of the molecule is O=C(NCc1ccc(-c2cnco2)cc1)NC1(CO)CCCC1. The molecular formula is C17H21N3O3. The molecule has 6 nitrogen and oxygen atoms in total. The van der Waals surface area contributed by atoms with Crippen LogP contribution < -0.4 is 10.6 Å². The number of oxazole rings is 1. The van der Waals surface area contributed by atoms with Crippen LogP contribution >= 0.6 is 0 Å². The molecule has 6 heteroatoms. The fourth-order valence-corrected chi connectivity index (χ4v) is 2.99. The first-order valence-corrected chi connectivity index (χ1v) is 7.85. The molecule has 0 unspecified atom stereocenters. The van der Waals surface area contributed by atoms with Gasteiger partial charge in [0.25, 0.3) is 0 Å². The molecule has 1 fully saturated rings. The number of carbonyl (C=O) groups is 1. The Labute approximate surface area is 134 Å². The van der Waals surface area contributed by atoms with Gasteiger partial charge in [0, 0.05) is 12.1 Å². The van der Waals surface area contributed by atoms with Crippen molar-refractivity contribution in [2.24, 2.45) is 0 Å². The number of amides is 2. The smallest absolute Gasteiger partial charge is 0.315 e. The van der Waals surface area contributed by atoms with E-state index in [0.29, 0.717) is 12.3 Å². The molecule has 0 saturated heterocycles. The van der Waals surface area contributed by atoms with Gasteiger partial charge in [-0.15, -0.1) is 0 Å². The van der Waals surface area contributed by atoms with Crippen molar-refractivity contribution in [2.45, 2.75) is 37.8 Å². The minimum Gasteiger partial charge on any atom is -0.444 e. The zero-order valence-electron chi connectivity index (χ0n) is 12.9. The molecule has 2 amide bonds. The van der Waals surface area contributed by atoms with Crippen LogP contribution in [0.2, 0.25) is 0 Å². The highest BCUT2D eigenvalue weighted by Crippen LogP contribution is 2.28. The second-order valence-electron chi connectivity index (χ2n) is 6.02. The van der Waals surface area contributed by atoms with E-state index < -0.39 is 5.54 Å². The van der Waals surface area contributed by atoms with Gasteiger partial charge >= 0.3 is 6.03 Å². The Morgan fingerprint density at radius 3 is 2.61 bits per heavy atom. The van der Waals surface area contributed by atoms with E-state index in [0.717, 1.165) is 36.8 Å². The van der Waals surface area contributed by atoms with Crippen LogP contribution in [0.5, 0.6) is 0 Å². The van der Waals surface area contributed by atoms with Gasteiger partial charge in [-0.3, -0.25) is 0 Å². The van der Waals surface area contributed by atoms with Gasteiger partial charge in [0.05, 0.1) is 18.3 Å². The summed E-state index contributed by atoms with van der Waals surface area (Å²) < 4.78 is 5.24. The third kappa shape index (κ3) is 3.71. The predicted octanol–water partition coefficient (Wildman–Crippen LogP) is 2.45. The van der Waals surface area contributed by atoms with Gasteiger partial charge in [-0.05, 0) is 18.4 Å². The topological polar surface area (TPSA) is 87.4 Å². The summed E-state index contributed by atoms with van der Waals surface area (Å²) in [7, 11) is 0. The maximum Gasteiger partial charge on any atom is 0.315 e. The monoisotopic (exact) mass is 315 g/mol. The second kappa shape index (κ2) is 6.83. The van der Waals surface area contributed by atoms with Crippen LogP contribution in [0, 0.1) is 0 Å². The zero-order chi connectivity index (χ0) is 16.1. The Balaban J connectivity index is 1.53. The molecule has 0 radical (unpaired) electrons. The Morgan fingerprint density at radius 2 is 2.00 bits per heavy atom. The number of hydrogen-bond donors (Lipinski definition) is 3. The molecule has 3 N–H and O–H groups in total. The molecule has 23 heavy (non-hydrogen) atoms. The van der Waals surface area contributed by atoms with Crippen LogP contribution in [0.15, 0.2) is 41.3 Å². The highest BCUT2D eigenvalue weighted by atomic mass is 16.3. The van der Waals surface area contributed by atoms with E-state index in [-0.39, 0.29) is 12.6 Å². The van der Waals surface area contributed by atoms with Crippen molar-refractivity contribution < 1.29 is 14.3 Å². The van der Waals surface area contributed by atoms with Gasteiger partial charge in [0.1, 0.15) is 0 Å². The number of hydrogen-bond acceptors (Lipinski definition) is 4. The number of nitrogens with one attached hydrogen (secondary N) is 2. The van der Waals surface area contributed by atoms with E-state index in [9.17, 15) is 9.90 Å². The van der Waals surface area contributed by atoms with Crippen molar-refractivity contribution in [1.82, 2.24) is 15.6 Å². The van der Waals surface area contributed by atoms with E-state index in [4.69, 9.17) is 4.42 Å². The highest BCUT2D eigenvalue weighted by molar-refractivity contribution is 5.75. The van der Waals surface area contributed by atoms with E-state index in [1.165, 1.54) is 6.39 Å². The molecule has 0 bridgehead atoms. The fraction of sp³-hybridized carbons (Fsp3) is 0.412. The maximum atomic E-state index is 12.0. The summed E-state index contributed by atoms with van der Waals surface area (Å²) in [5.41, 5.74) is 1.49. The average Bonchev–Trinajstić information content (AvgIpc) is 3.26. The Morgan fingerprint density at radius 1 is 1.26 bits per heavy atom. The third-order valence-electron chi connectivity index (χ3n) is 4.37. The molecule has 2 aromatic rings. The molecule has 3 rings (SSSR count). The molecule has 0 spiro atoms. The average molecular weight is 315 g/mol. The van der Waals surface area contributed by atoms with Crippen LogP contribution in [0.1, 0.15) is 31.2 Å². The number of nitrogens with zero attached hydrogens (tertiary/aromatic N) is 1. The van der Waals surface area contributed by atoms with E-state index in [2.05, 4.69) is 15.6 Å². The predicted molar refractivity (Wildman–Crippen MR) is 85.6 cm³/mol. The van der Waals surface area contributed by atoms with Gasteiger partial charge in [0.2, 0.25) is 0 Å². The van der Waals surface area contributed by atoms with Gasteiger partial charge in [-0.2, -0.15) is 0 Å². The van der Waals surface area contributed by atoms with E-state index in [1.54, 1.807) is 6.20 Å². The van der Waals surface area contributed by atoms with Crippen LogP contribution in [0.4, 0.5) is 4.79 Å². The molecule has 1 aromatic carbocycles. The number of benzene rings is 1. The number of rotatable bonds is 5. The minimum atomic E-state index is -0.444. The first-order valence-electron chi connectivity index (χ1n) is 7.85. The highest BCUT2D eigenvalue weighted by Gasteiger charge is 2.34. The summed E-state index contributed by atoms with van der Waals surface area (Å²) in [5, 5.41) is 15.3. The van der Waals surface area contributed by atoms with Crippen LogP contribution in [-0.2, 0) is 6.54 Å². The van der Waals surface area contributed by atoms with E-state index >= 15 is 0 Å². The summed E-state index contributed by atoms with van der Waals surface area (Å²) in [6.07, 6.45) is 6.82. The minimum absolute atomic E-state index is 0.00764. The molecule has 1 heterocycles. The van der Waals surface area contributed by atoms with Crippen molar-refractivity contribution in [3.63, 3.8) is 0 Å². The van der Waals surface area contributed by atoms with Crippen molar-refractivity contribution in [1.29, 1.82) is 0 Å². The Kier molecular flexibility index (Phi) is 4.62. The van der Waals surface area contributed by atoms with Crippen LogP contribution in [0.3, 0.4) is 0 Å². The van der Waals surface area contributed by atoms with Crippen molar-refractivity contribution in [3.05, 3.63) is 42.4 Å². The van der Waals surface area contributed by atoms with Crippen LogP contribution in [0.25, 0.3) is 11.3 Å². The van der Waals surface area contributed by atoms with E-state index in [1.807, 2.05) is 24.3 Å². The summed E-state index contributed by atoms with van der Waals surface area (Å²) in [6, 6.07) is 7.51. The maximum absolute atomic E-state index is 12.0. The lowest BCUT2D eigenvalue weighted by molar-refractivity contribution is 0.163. The van der Waals surface area contributed by atoms with Crippen molar-refractivity contribution >= 4 is 6.03 Å². The third-order valence-corrected chi connectivity index (χ3v) is 4.37. The molecule has 1 aliphatic rings. The molecule has 0 atom stereocenters. The quantitative estimate of drug-likeness (QED) is 0.791. The van der Waals surface area contributed by atoms with Crippen molar-refractivity contribution in [3.8, 4) is 11.3 Å². The normalized spacial score (nSPS) is 16.2. The summed E-state index contributed by atoms with van der Waals surface area (Å²) in [5.74, 6) is 0.716. The Bertz CT molecular complexity index is 632. The number of aliphatic hydroxyl groups excluding tert-OH is 1. The molecule has 0 aliphatic heterocycles. The number of aliphatic hydroxyl groups is 1. The molecule has 1 aromatic heterocycles. The Hall–Kier alpha value is -2.34. The van der Waals surface area contributed by atoms with Gasteiger partial charge in [-0.25, -0.2) is 9.78 Å². The summed E-state index contributed by atoms with van der Waals surface area (Å²) in [6.45, 7) is 0.427. The first-order chi connectivity index (χ1) is 11.2.